The van der Waals surface area contributed by atoms with Gasteiger partial charge in [0.1, 0.15) is 0 Å². The Bertz CT molecular complexity index is 575. The number of ether oxygens (including phenoxy) is 2. The number of hydrogen-bond donors (Lipinski definition) is 1. The molecule has 0 saturated carbocycles. The molecule has 0 aromatic heterocycles. The topological polar surface area (TPSA) is 64.6 Å². The van der Waals surface area contributed by atoms with Crippen LogP contribution in [0.2, 0.25) is 0 Å². The lowest BCUT2D eigenvalue weighted by atomic mass is 9.91. The van der Waals surface area contributed by atoms with Crippen LogP contribution >= 0.6 is 0 Å². The quantitative estimate of drug-likeness (QED) is 0.849. The van der Waals surface area contributed by atoms with Crippen LogP contribution in [0.25, 0.3) is 0 Å². The van der Waals surface area contributed by atoms with E-state index in [1.807, 2.05) is 0 Å². The molecule has 0 aliphatic carbocycles. The SMILES string of the molecule is CC(C)(C)CCCNS(=O)(=O)c1ccc2c(c1)OCO2. The van der Waals surface area contributed by atoms with Crippen molar-refractivity contribution in [2.45, 2.75) is 38.5 Å². The first kappa shape index (κ1) is 15.1. The molecule has 1 aromatic carbocycles. The second-order valence-corrected chi connectivity index (χ2v) is 7.84. The fraction of sp³-hybridized carbons (Fsp3) is 0.571. The zero-order valence-corrected chi connectivity index (χ0v) is 12.9. The molecule has 1 aliphatic rings. The molecule has 6 heteroatoms. The first-order valence-corrected chi connectivity index (χ1v) is 8.16. The van der Waals surface area contributed by atoms with Crippen molar-refractivity contribution < 1.29 is 17.9 Å². The molecule has 5 nitrogen and oxygen atoms in total. The average Bonchev–Trinajstić information content (AvgIpc) is 2.80. The second kappa shape index (κ2) is 5.61. The molecule has 0 spiro atoms. The van der Waals surface area contributed by atoms with Crippen LogP contribution in [-0.4, -0.2) is 21.8 Å². The Kier molecular flexibility index (Phi) is 4.25. The lowest BCUT2D eigenvalue weighted by Crippen LogP contribution is -2.25. The Labute approximate surface area is 120 Å². The van der Waals surface area contributed by atoms with E-state index < -0.39 is 10.0 Å². The van der Waals surface area contributed by atoms with Gasteiger partial charge in [0.15, 0.2) is 11.5 Å². The van der Waals surface area contributed by atoms with Crippen LogP contribution < -0.4 is 14.2 Å². The van der Waals surface area contributed by atoms with Gasteiger partial charge in [0.25, 0.3) is 0 Å². The van der Waals surface area contributed by atoms with Crippen molar-refractivity contribution in [3.8, 4) is 11.5 Å². The molecular weight excluding hydrogens is 278 g/mol. The van der Waals surface area contributed by atoms with Crippen molar-refractivity contribution in [3.63, 3.8) is 0 Å². The maximum absolute atomic E-state index is 12.1. The summed E-state index contributed by atoms with van der Waals surface area (Å²) in [4.78, 5) is 0.206. The van der Waals surface area contributed by atoms with Crippen LogP contribution in [0.5, 0.6) is 11.5 Å². The summed E-state index contributed by atoms with van der Waals surface area (Å²) >= 11 is 0. The Morgan fingerprint density at radius 2 is 1.90 bits per heavy atom. The molecule has 1 aromatic rings. The van der Waals surface area contributed by atoms with E-state index in [1.54, 1.807) is 6.07 Å². The fourth-order valence-corrected chi connectivity index (χ4v) is 3.04. The summed E-state index contributed by atoms with van der Waals surface area (Å²) in [7, 11) is -3.49. The van der Waals surface area contributed by atoms with Gasteiger partial charge in [-0.2, -0.15) is 0 Å². The highest BCUT2D eigenvalue weighted by Crippen LogP contribution is 2.33. The van der Waals surface area contributed by atoms with Gasteiger partial charge in [-0.1, -0.05) is 20.8 Å². The average molecular weight is 299 g/mol. The summed E-state index contributed by atoms with van der Waals surface area (Å²) in [6, 6.07) is 4.64. The van der Waals surface area contributed by atoms with E-state index in [-0.39, 0.29) is 17.1 Å². The number of fused-ring (bicyclic) bond motifs is 1. The number of nitrogens with one attached hydrogen (secondary N) is 1. The van der Waals surface area contributed by atoms with Gasteiger partial charge in [-0.3, -0.25) is 0 Å². The summed E-state index contributed by atoms with van der Waals surface area (Å²) in [5.74, 6) is 1.05. The first-order chi connectivity index (χ1) is 9.28. The largest absolute Gasteiger partial charge is 0.454 e. The van der Waals surface area contributed by atoms with E-state index in [0.717, 1.165) is 12.8 Å². The van der Waals surface area contributed by atoms with E-state index in [2.05, 4.69) is 25.5 Å². The number of sulfonamides is 1. The van der Waals surface area contributed by atoms with Crippen LogP contribution in [0, 0.1) is 5.41 Å². The fourth-order valence-electron chi connectivity index (χ4n) is 1.95. The minimum atomic E-state index is -3.49. The predicted molar refractivity (Wildman–Crippen MR) is 76.4 cm³/mol. The molecule has 0 fully saturated rings. The molecule has 0 radical (unpaired) electrons. The molecule has 1 N–H and O–H groups in total. The van der Waals surface area contributed by atoms with E-state index in [1.165, 1.54) is 12.1 Å². The lowest BCUT2D eigenvalue weighted by Gasteiger charge is -2.17. The molecule has 0 saturated heterocycles. The first-order valence-electron chi connectivity index (χ1n) is 6.67. The third-order valence-electron chi connectivity index (χ3n) is 3.05. The molecule has 0 unspecified atom stereocenters. The molecule has 0 atom stereocenters. The summed E-state index contributed by atoms with van der Waals surface area (Å²) in [6.07, 6.45) is 1.78. The van der Waals surface area contributed by atoms with Gasteiger partial charge in [-0.05, 0) is 30.4 Å². The summed E-state index contributed by atoms with van der Waals surface area (Å²) in [5, 5.41) is 0. The van der Waals surface area contributed by atoms with Crippen LogP contribution in [-0.2, 0) is 10.0 Å². The maximum Gasteiger partial charge on any atom is 0.240 e. The van der Waals surface area contributed by atoms with Gasteiger partial charge in [-0.15, -0.1) is 0 Å². The van der Waals surface area contributed by atoms with Gasteiger partial charge in [-0.25, -0.2) is 13.1 Å². The summed E-state index contributed by atoms with van der Waals surface area (Å²) < 4.78 is 37.3. The molecule has 112 valence electrons. The number of benzene rings is 1. The minimum absolute atomic E-state index is 0.137. The van der Waals surface area contributed by atoms with Gasteiger partial charge in [0.05, 0.1) is 4.90 Å². The standard InChI is InChI=1S/C14H21NO4S/c1-14(2,3)7-4-8-15-20(16,17)11-5-6-12-13(9-11)19-10-18-12/h5-6,9,15H,4,7-8,10H2,1-3H3. The van der Waals surface area contributed by atoms with E-state index in [0.29, 0.717) is 18.0 Å². The smallest absolute Gasteiger partial charge is 0.240 e. The number of hydrogen-bond acceptors (Lipinski definition) is 4. The second-order valence-electron chi connectivity index (χ2n) is 6.08. The molecule has 2 rings (SSSR count). The minimum Gasteiger partial charge on any atom is -0.454 e. The predicted octanol–water partition coefficient (Wildman–Crippen LogP) is 2.52. The Morgan fingerprint density at radius 1 is 1.20 bits per heavy atom. The van der Waals surface area contributed by atoms with Crippen molar-refractivity contribution in [2.75, 3.05) is 13.3 Å². The highest BCUT2D eigenvalue weighted by molar-refractivity contribution is 7.89. The van der Waals surface area contributed by atoms with Crippen LogP contribution in [0.15, 0.2) is 23.1 Å². The normalized spacial score (nSPS) is 14.6. The Balaban J connectivity index is 1.97. The third-order valence-corrected chi connectivity index (χ3v) is 4.51. The van der Waals surface area contributed by atoms with Gasteiger partial charge >= 0.3 is 0 Å². The summed E-state index contributed by atoms with van der Waals surface area (Å²) in [5.41, 5.74) is 0.212. The Hall–Kier alpha value is -1.27. The van der Waals surface area contributed by atoms with E-state index in [4.69, 9.17) is 9.47 Å². The van der Waals surface area contributed by atoms with E-state index in [9.17, 15) is 8.42 Å². The van der Waals surface area contributed by atoms with Crippen LogP contribution in [0.4, 0.5) is 0 Å². The van der Waals surface area contributed by atoms with Gasteiger partial charge in [0.2, 0.25) is 16.8 Å². The lowest BCUT2D eigenvalue weighted by molar-refractivity contribution is 0.174. The van der Waals surface area contributed by atoms with Crippen LogP contribution in [0.3, 0.4) is 0 Å². The molecule has 0 bridgehead atoms. The van der Waals surface area contributed by atoms with Crippen molar-refractivity contribution in [2.24, 2.45) is 5.41 Å². The molecule has 1 aliphatic heterocycles. The van der Waals surface area contributed by atoms with Gasteiger partial charge < -0.3 is 9.47 Å². The van der Waals surface area contributed by atoms with Crippen molar-refractivity contribution in [1.29, 1.82) is 0 Å². The molecule has 0 amide bonds. The highest BCUT2D eigenvalue weighted by atomic mass is 32.2. The summed E-state index contributed by atoms with van der Waals surface area (Å²) in [6.45, 7) is 6.99. The Morgan fingerprint density at radius 3 is 2.60 bits per heavy atom. The van der Waals surface area contributed by atoms with Crippen molar-refractivity contribution in [3.05, 3.63) is 18.2 Å². The van der Waals surface area contributed by atoms with E-state index >= 15 is 0 Å². The third kappa shape index (κ3) is 3.86. The molecule has 20 heavy (non-hydrogen) atoms. The zero-order chi connectivity index (χ0) is 14.8. The van der Waals surface area contributed by atoms with Crippen LogP contribution in [0.1, 0.15) is 33.6 Å². The van der Waals surface area contributed by atoms with Crippen molar-refractivity contribution >= 4 is 10.0 Å². The maximum atomic E-state index is 12.1. The molecule has 1 heterocycles. The van der Waals surface area contributed by atoms with Gasteiger partial charge in [0, 0.05) is 12.6 Å². The highest BCUT2D eigenvalue weighted by Gasteiger charge is 2.20. The molecular formula is C14H21NO4S. The zero-order valence-electron chi connectivity index (χ0n) is 12.1. The van der Waals surface area contributed by atoms with Crippen molar-refractivity contribution in [1.82, 2.24) is 4.72 Å². The number of rotatable bonds is 5. The monoisotopic (exact) mass is 299 g/mol.